The van der Waals surface area contributed by atoms with Gasteiger partial charge in [0.05, 0.1) is 6.42 Å². The molecule has 0 aliphatic rings. The SMILES string of the molecule is CCC(CC(=O)O)NC(=O)c1cccc(O)c1. The average molecular weight is 237 g/mol. The Labute approximate surface area is 99.1 Å². The number of hydrogen-bond donors (Lipinski definition) is 3. The molecule has 5 heteroatoms. The highest BCUT2D eigenvalue weighted by atomic mass is 16.4. The van der Waals surface area contributed by atoms with Gasteiger partial charge in [-0.25, -0.2) is 0 Å². The molecule has 0 saturated heterocycles. The van der Waals surface area contributed by atoms with Crippen LogP contribution in [0.5, 0.6) is 5.75 Å². The number of carbonyl (C=O) groups excluding carboxylic acids is 1. The first-order chi connectivity index (χ1) is 8.02. The zero-order valence-corrected chi connectivity index (χ0v) is 9.51. The van der Waals surface area contributed by atoms with Crippen molar-refractivity contribution < 1.29 is 19.8 Å². The van der Waals surface area contributed by atoms with Crippen molar-refractivity contribution in [1.29, 1.82) is 0 Å². The number of carboxylic acids is 1. The topological polar surface area (TPSA) is 86.6 Å². The minimum absolute atomic E-state index is 0.00364. The summed E-state index contributed by atoms with van der Waals surface area (Å²) in [5, 5.41) is 20.5. The molecule has 0 aliphatic carbocycles. The lowest BCUT2D eigenvalue weighted by atomic mass is 10.1. The number of aliphatic carboxylic acids is 1. The number of phenols is 1. The first-order valence-electron chi connectivity index (χ1n) is 5.34. The molecule has 1 rings (SSSR count). The van der Waals surface area contributed by atoms with Crippen LogP contribution in [0.3, 0.4) is 0 Å². The molecule has 1 aromatic carbocycles. The number of carbonyl (C=O) groups is 2. The Hall–Kier alpha value is -2.04. The number of aromatic hydroxyl groups is 1. The first-order valence-corrected chi connectivity index (χ1v) is 5.34. The molecule has 0 saturated carbocycles. The van der Waals surface area contributed by atoms with Gasteiger partial charge < -0.3 is 15.5 Å². The zero-order valence-electron chi connectivity index (χ0n) is 9.51. The fourth-order valence-electron chi connectivity index (χ4n) is 1.42. The van der Waals surface area contributed by atoms with Gasteiger partial charge in [-0.3, -0.25) is 9.59 Å². The molecule has 1 amide bonds. The Morgan fingerprint density at radius 3 is 2.65 bits per heavy atom. The molecular weight excluding hydrogens is 222 g/mol. The van der Waals surface area contributed by atoms with Gasteiger partial charge in [0.1, 0.15) is 5.75 Å². The summed E-state index contributed by atoms with van der Waals surface area (Å²) in [6, 6.07) is 5.52. The highest BCUT2D eigenvalue weighted by Gasteiger charge is 2.15. The Morgan fingerprint density at radius 2 is 2.12 bits per heavy atom. The summed E-state index contributed by atoms with van der Waals surface area (Å²) in [7, 11) is 0. The summed E-state index contributed by atoms with van der Waals surface area (Å²) in [5.74, 6) is -1.33. The van der Waals surface area contributed by atoms with Gasteiger partial charge in [-0.2, -0.15) is 0 Å². The van der Waals surface area contributed by atoms with Gasteiger partial charge >= 0.3 is 5.97 Å². The molecule has 1 aromatic rings. The van der Waals surface area contributed by atoms with Crippen LogP contribution >= 0.6 is 0 Å². The second kappa shape index (κ2) is 5.89. The number of hydrogen-bond acceptors (Lipinski definition) is 3. The zero-order chi connectivity index (χ0) is 12.8. The van der Waals surface area contributed by atoms with Crippen molar-refractivity contribution in [3.8, 4) is 5.75 Å². The molecule has 0 aliphatic heterocycles. The Morgan fingerprint density at radius 1 is 1.41 bits per heavy atom. The molecule has 0 bridgehead atoms. The molecule has 92 valence electrons. The lowest BCUT2D eigenvalue weighted by Gasteiger charge is -2.14. The summed E-state index contributed by atoms with van der Waals surface area (Å²) in [6.07, 6.45) is 0.428. The van der Waals surface area contributed by atoms with Crippen molar-refractivity contribution in [2.24, 2.45) is 0 Å². The van der Waals surface area contributed by atoms with Gasteiger partial charge in [-0.05, 0) is 24.6 Å². The van der Waals surface area contributed by atoms with Crippen LogP contribution in [0.15, 0.2) is 24.3 Å². The van der Waals surface area contributed by atoms with Gasteiger partial charge in [0, 0.05) is 11.6 Å². The molecule has 5 nitrogen and oxygen atoms in total. The third-order valence-electron chi connectivity index (χ3n) is 2.36. The second-order valence-corrected chi connectivity index (χ2v) is 3.73. The lowest BCUT2D eigenvalue weighted by molar-refractivity contribution is -0.137. The Balaban J connectivity index is 2.67. The van der Waals surface area contributed by atoms with Crippen LogP contribution < -0.4 is 5.32 Å². The standard InChI is InChI=1S/C12H15NO4/c1-2-9(7-11(15)16)13-12(17)8-4-3-5-10(14)6-8/h3-6,9,14H,2,7H2,1H3,(H,13,17)(H,15,16). The van der Waals surface area contributed by atoms with E-state index in [1.165, 1.54) is 12.1 Å². The normalized spacial score (nSPS) is 11.8. The largest absolute Gasteiger partial charge is 0.508 e. The summed E-state index contributed by atoms with van der Waals surface area (Å²) >= 11 is 0. The van der Waals surface area contributed by atoms with Crippen molar-refractivity contribution in [2.45, 2.75) is 25.8 Å². The maximum atomic E-state index is 11.7. The number of benzene rings is 1. The fraction of sp³-hybridized carbons (Fsp3) is 0.333. The quantitative estimate of drug-likeness (QED) is 0.722. The van der Waals surface area contributed by atoms with E-state index in [9.17, 15) is 14.7 Å². The maximum Gasteiger partial charge on any atom is 0.305 e. The van der Waals surface area contributed by atoms with E-state index in [1.807, 2.05) is 0 Å². The van der Waals surface area contributed by atoms with Crippen molar-refractivity contribution in [1.82, 2.24) is 5.32 Å². The van der Waals surface area contributed by atoms with Gasteiger partial charge in [-0.15, -0.1) is 0 Å². The van der Waals surface area contributed by atoms with Gasteiger partial charge in [0.2, 0.25) is 0 Å². The van der Waals surface area contributed by atoms with E-state index in [0.29, 0.717) is 12.0 Å². The summed E-state index contributed by atoms with van der Waals surface area (Å²) in [6.45, 7) is 1.80. The molecule has 0 radical (unpaired) electrons. The summed E-state index contributed by atoms with van der Waals surface area (Å²) in [4.78, 5) is 22.3. The van der Waals surface area contributed by atoms with Crippen LogP contribution in [0.1, 0.15) is 30.1 Å². The third kappa shape index (κ3) is 4.14. The van der Waals surface area contributed by atoms with E-state index in [-0.39, 0.29) is 18.1 Å². The van der Waals surface area contributed by atoms with E-state index in [1.54, 1.807) is 19.1 Å². The van der Waals surface area contributed by atoms with E-state index < -0.39 is 12.0 Å². The lowest BCUT2D eigenvalue weighted by Crippen LogP contribution is -2.35. The van der Waals surface area contributed by atoms with Crippen LogP contribution in [0.4, 0.5) is 0 Å². The molecule has 0 spiro atoms. The summed E-state index contributed by atoms with van der Waals surface area (Å²) in [5.41, 5.74) is 0.314. The molecule has 0 aromatic heterocycles. The highest BCUT2D eigenvalue weighted by molar-refractivity contribution is 5.94. The van der Waals surface area contributed by atoms with Crippen LogP contribution in [0.2, 0.25) is 0 Å². The van der Waals surface area contributed by atoms with Gasteiger partial charge in [0.25, 0.3) is 5.91 Å². The van der Waals surface area contributed by atoms with E-state index in [4.69, 9.17) is 5.11 Å². The molecule has 1 unspecified atom stereocenters. The summed E-state index contributed by atoms with van der Waals surface area (Å²) < 4.78 is 0. The molecule has 17 heavy (non-hydrogen) atoms. The average Bonchev–Trinajstić information content (AvgIpc) is 2.27. The number of rotatable bonds is 5. The number of nitrogens with one attached hydrogen (secondary N) is 1. The van der Waals surface area contributed by atoms with Crippen LogP contribution in [0.25, 0.3) is 0 Å². The van der Waals surface area contributed by atoms with Crippen LogP contribution in [0, 0.1) is 0 Å². The Kier molecular flexibility index (Phi) is 4.51. The number of phenolic OH excluding ortho intramolecular Hbond substituents is 1. The van der Waals surface area contributed by atoms with Crippen molar-refractivity contribution >= 4 is 11.9 Å². The van der Waals surface area contributed by atoms with Gasteiger partial charge in [0.15, 0.2) is 0 Å². The molecule has 0 fully saturated rings. The predicted molar refractivity (Wildman–Crippen MR) is 61.9 cm³/mol. The molecule has 1 atom stereocenters. The second-order valence-electron chi connectivity index (χ2n) is 3.73. The van der Waals surface area contributed by atoms with E-state index >= 15 is 0 Å². The van der Waals surface area contributed by atoms with Crippen LogP contribution in [-0.4, -0.2) is 28.1 Å². The predicted octanol–water partition coefficient (Wildman–Crippen LogP) is 1.38. The minimum Gasteiger partial charge on any atom is -0.508 e. The number of carboxylic acid groups (broad SMARTS) is 1. The third-order valence-corrected chi connectivity index (χ3v) is 2.36. The number of amides is 1. The van der Waals surface area contributed by atoms with E-state index in [2.05, 4.69) is 5.32 Å². The molecule has 0 heterocycles. The van der Waals surface area contributed by atoms with Crippen LogP contribution in [-0.2, 0) is 4.79 Å². The molecule has 3 N–H and O–H groups in total. The highest BCUT2D eigenvalue weighted by Crippen LogP contribution is 2.11. The maximum absolute atomic E-state index is 11.7. The monoisotopic (exact) mass is 237 g/mol. The fourth-order valence-corrected chi connectivity index (χ4v) is 1.42. The first kappa shape index (κ1) is 13.0. The minimum atomic E-state index is -0.951. The van der Waals surface area contributed by atoms with E-state index in [0.717, 1.165) is 0 Å². The van der Waals surface area contributed by atoms with Gasteiger partial charge in [-0.1, -0.05) is 13.0 Å². The van der Waals surface area contributed by atoms with Crippen molar-refractivity contribution in [3.05, 3.63) is 29.8 Å². The smallest absolute Gasteiger partial charge is 0.305 e. The Bertz CT molecular complexity index is 417. The van der Waals surface area contributed by atoms with Crippen molar-refractivity contribution in [2.75, 3.05) is 0 Å². The van der Waals surface area contributed by atoms with Crippen molar-refractivity contribution in [3.63, 3.8) is 0 Å². The molecular formula is C12H15NO4.